The van der Waals surface area contributed by atoms with Gasteiger partial charge in [-0.1, -0.05) is 65.8 Å². The normalized spacial score (nSPS) is 11.9. The second kappa shape index (κ2) is 9.12. The van der Waals surface area contributed by atoms with Crippen molar-refractivity contribution in [3.05, 3.63) is 71.0 Å². The molecule has 3 aromatic rings. The maximum Gasteiger partial charge on any atom is 0.240 e. The molecule has 0 spiro atoms. The Balaban J connectivity index is 1.78. The van der Waals surface area contributed by atoms with Crippen LogP contribution in [0.25, 0.3) is 0 Å². The van der Waals surface area contributed by atoms with Crippen LogP contribution < -0.4 is 4.74 Å². The molecule has 0 aliphatic heterocycles. The maximum atomic E-state index is 12.7. The van der Waals surface area contributed by atoms with Gasteiger partial charge in [0, 0.05) is 21.1 Å². The molecular formula is C20H21ClN4O2S. The Morgan fingerprint density at radius 1 is 1.14 bits per heavy atom. The predicted molar refractivity (Wildman–Crippen MR) is 111 cm³/mol. The van der Waals surface area contributed by atoms with Crippen LogP contribution in [-0.2, 0) is 18.4 Å². The largest absolute Gasteiger partial charge is 0.484 e. The standard InChI is InChI=1S/C20H21ClN4O2S/c1-24(2)19(26)18(14-9-5-4-6-10-14)28-20-23-22-17(25(20)3)13-27-16-12-8-7-11-15(16)21/h4-12,18H,13H2,1-3H3. The lowest BCUT2D eigenvalue weighted by molar-refractivity contribution is -0.128. The number of ether oxygens (including phenoxy) is 1. The molecule has 28 heavy (non-hydrogen) atoms. The third-order valence-electron chi connectivity index (χ3n) is 4.11. The fraction of sp³-hybridized carbons (Fsp3) is 0.250. The van der Waals surface area contributed by atoms with E-state index in [1.54, 1.807) is 31.1 Å². The van der Waals surface area contributed by atoms with Crippen LogP contribution in [-0.4, -0.2) is 39.7 Å². The molecule has 0 aliphatic rings. The number of benzene rings is 2. The Kier molecular flexibility index (Phi) is 6.59. The SMILES string of the molecule is CN(C)C(=O)C(Sc1nnc(COc2ccccc2Cl)n1C)c1ccccc1. The van der Waals surface area contributed by atoms with Crippen LogP contribution in [0.3, 0.4) is 0 Å². The second-order valence-corrected chi connectivity index (χ2v) is 7.80. The highest BCUT2D eigenvalue weighted by molar-refractivity contribution is 8.00. The van der Waals surface area contributed by atoms with E-state index in [1.807, 2.05) is 54.1 Å². The van der Waals surface area contributed by atoms with Crippen LogP contribution in [0.2, 0.25) is 5.02 Å². The number of thioether (sulfide) groups is 1. The van der Waals surface area contributed by atoms with Gasteiger partial charge in [0.05, 0.1) is 5.02 Å². The Morgan fingerprint density at radius 3 is 2.50 bits per heavy atom. The third kappa shape index (κ3) is 4.66. The highest BCUT2D eigenvalue weighted by Gasteiger charge is 2.26. The van der Waals surface area contributed by atoms with Gasteiger partial charge < -0.3 is 14.2 Å². The van der Waals surface area contributed by atoms with Crippen molar-refractivity contribution in [1.82, 2.24) is 19.7 Å². The number of hydrogen-bond donors (Lipinski definition) is 0. The van der Waals surface area contributed by atoms with Crippen molar-refractivity contribution in [2.45, 2.75) is 17.0 Å². The first-order chi connectivity index (χ1) is 13.5. The number of carbonyl (C=O) groups excluding carboxylic acids is 1. The van der Waals surface area contributed by atoms with E-state index in [0.717, 1.165) is 5.56 Å². The highest BCUT2D eigenvalue weighted by atomic mass is 35.5. The summed E-state index contributed by atoms with van der Waals surface area (Å²) in [7, 11) is 5.35. The topological polar surface area (TPSA) is 60.3 Å². The van der Waals surface area contributed by atoms with E-state index in [-0.39, 0.29) is 12.5 Å². The lowest BCUT2D eigenvalue weighted by Crippen LogP contribution is -2.27. The zero-order valence-electron chi connectivity index (χ0n) is 15.9. The molecule has 2 aromatic carbocycles. The number of likely N-dealkylation sites (N-methyl/N-ethyl adjacent to an activating group) is 1. The van der Waals surface area contributed by atoms with Gasteiger partial charge in [0.2, 0.25) is 5.91 Å². The summed E-state index contributed by atoms with van der Waals surface area (Å²) in [5.74, 6) is 1.23. The van der Waals surface area contributed by atoms with Crippen LogP contribution in [0.5, 0.6) is 5.75 Å². The lowest BCUT2D eigenvalue weighted by Gasteiger charge is -2.20. The fourth-order valence-electron chi connectivity index (χ4n) is 2.51. The first-order valence-corrected chi connectivity index (χ1v) is 9.91. The summed E-state index contributed by atoms with van der Waals surface area (Å²) in [5, 5.41) is 9.24. The van der Waals surface area contributed by atoms with Crippen LogP contribution in [0, 0.1) is 0 Å². The molecule has 1 heterocycles. The van der Waals surface area contributed by atoms with E-state index in [1.165, 1.54) is 11.8 Å². The first kappa shape index (κ1) is 20.2. The summed E-state index contributed by atoms with van der Waals surface area (Å²) in [6.45, 7) is 0.228. The van der Waals surface area contributed by atoms with Gasteiger partial charge in [-0.05, 0) is 17.7 Å². The number of rotatable bonds is 7. The number of carbonyl (C=O) groups is 1. The van der Waals surface area contributed by atoms with Gasteiger partial charge in [0.15, 0.2) is 11.0 Å². The van der Waals surface area contributed by atoms with Gasteiger partial charge in [-0.25, -0.2) is 0 Å². The zero-order chi connectivity index (χ0) is 20.1. The van der Waals surface area contributed by atoms with Gasteiger partial charge in [0.1, 0.15) is 17.6 Å². The van der Waals surface area contributed by atoms with Crippen molar-refractivity contribution < 1.29 is 9.53 Å². The van der Waals surface area contributed by atoms with Gasteiger partial charge in [-0.2, -0.15) is 0 Å². The van der Waals surface area contributed by atoms with E-state index < -0.39 is 5.25 Å². The molecule has 0 aliphatic carbocycles. The van der Waals surface area contributed by atoms with Crippen LogP contribution in [0.4, 0.5) is 0 Å². The quantitative estimate of drug-likeness (QED) is 0.545. The van der Waals surface area contributed by atoms with Crippen LogP contribution in [0.1, 0.15) is 16.6 Å². The Bertz CT molecular complexity index is 946. The highest BCUT2D eigenvalue weighted by Crippen LogP contribution is 2.35. The number of aromatic nitrogens is 3. The van der Waals surface area contributed by atoms with E-state index in [4.69, 9.17) is 16.3 Å². The smallest absolute Gasteiger partial charge is 0.240 e. The molecule has 0 saturated heterocycles. The van der Waals surface area contributed by atoms with E-state index in [2.05, 4.69) is 10.2 Å². The molecule has 3 rings (SSSR count). The van der Waals surface area contributed by atoms with E-state index in [0.29, 0.717) is 21.8 Å². The van der Waals surface area contributed by atoms with Crippen LogP contribution >= 0.6 is 23.4 Å². The molecule has 6 nitrogen and oxygen atoms in total. The summed E-state index contributed by atoms with van der Waals surface area (Å²) in [5.41, 5.74) is 0.920. The number of nitrogens with zero attached hydrogens (tertiary/aromatic N) is 4. The van der Waals surface area contributed by atoms with Crippen LogP contribution in [0.15, 0.2) is 59.8 Å². The van der Waals surface area contributed by atoms with Gasteiger partial charge in [0.25, 0.3) is 0 Å². The van der Waals surface area contributed by atoms with Crippen molar-refractivity contribution in [2.24, 2.45) is 7.05 Å². The molecule has 146 valence electrons. The Labute approximate surface area is 173 Å². The number of para-hydroxylation sites is 1. The Hall–Kier alpha value is -2.51. The summed E-state index contributed by atoms with van der Waals surface area (Å²) in [6, 6.07) is 16.9. The molecule has 0 radical (unpaired) electrons. The fourth-order valence-corrected chi connectivity index (χ4v) is 3.86. The summed E-state index contributed by atoms with van der Waals surface area (Å²) >= 11 is 7.49. The third-order valence-corrected chi connectivity index (χ3v) is 5.70. The maximum absolute atomic E-state index is 12.7. The van der Waals surface area contributed by atoms with Crippen molar-refractivity contribution in [1.29, 1.82) is 0 Å². The molecule has 1 unspecified atom stereocenters. The molecule has 0 fully saturated rings. The molecule has 1 aromatic heterocycles. The number of halogens is 1. The molecule has 0 saturated carbocycles. The van der Waals surface area contributed by atoms with E-state index in [9.17, 15) is 4.79 Å². The predicted octanol–water partition coefficient (Wildman–Crippen LogP) is 3.97. The molecule has 1 amide bonds. The molecular weight excluding hydrogens is 396 g/mol. The van der Waals surface area contributed by atoms with Crippen molar-refractivity contribution in [3.8, 4) is 5.75 Å². The average molecular weight is 417 g/mol. The first-order valence-electron chi connectivity index (χ1n) is 8.65. The van der Waals surface area contributed by atoms with Gasteiger partial charge >= 0.3 is 0 Å². The molecule has 0 N–H and O–H groups in total. The minimum atomic E-state index is -0.406. The Morgan fingerprint density at radius 2 is 1.82 bits per heavy atom. The summed E-state index contributed by atoms with van der Waals surface area (Å²) in [6.07, 6.45) is 0. The molecule has 0 bridgehead atoms. The van der Waals surface area contributed by atoms with Crippen molar-refractivity contribution in [2.75, 3.05) is 14.1 Å². The number of amides is 1. The van der Waals surface area contributed by atoms with E-state index >= 15 is 0 Å². The molecule has 1 atom stereocenters. The zero-order valence-corrected chi connectivity index (χ0v) is 17.4. The monoisotopic (exact) mass is 416 g/mol. The molecule has 8 heteroatoms. The van der Waals surface area contributed by atoms with Gasteiger partial charge in [-0.15, -0.1) is 10.2 Å². The lowest BCUT2D eigenvalue weighted by atomic mass is 10.1. The van der Waals surface area contributed by atoms with Gasteiger partial charge in [-0.3, -0.25) is 4.79 Å². The summed E-state index contributed by atoms with van der Waals surface area (Å²) < 4.78 is 7.59. The minimum Gasteiger partial charge on any atom is -0.484 e. The number of hydrogen-bond acceptors (Lipinski definition) is 5. The van der Waals surface area contributed by atoms with Crippen molar-refractivity contribution >= 4 is 29.3 Å². The minimum absolute atomic E-state index is 0.00642. The second-order valence-electron chi connectivity index (χ2n) is 6.32. The van der Waals surface area contributed by atoms with Crippen molar-refractivity contribution in [3.63, 3.8) is 0 Å². The summed E-state index contributed by atoms with van der Waals surface area (Å²) in [4.78, 5) is 14.3. The average Bonchev–Trinajstić information content (AvgIpc) is 3.05.